The van der Waals surface area contributed by atoms with Crippen molar-refractivity contribution >= 4 is 5.97 Å². The molecule has 1 saturated carbocycles. The Morgan fingerprint density at radius 1 is 0.868 bits per heavy atom. The summed E-state index contributed by atoms with van der Waals surface area (Å²) >= 11 is 0. The van der Waals surface area contributed by atoms with Crippen LogP contribution in [0.1, 0.15) is 87.1 Å². The molecular formula is C32H35F3O3. The molecule has 202 valence electrons. The highest BCUT2D eigenvalue weighted by Crippen LogP contribution is 2.40. The lowest BCUT2D eigenvalue weighted by Crippen LogP contribution is -2.16. The van der Waals surface area contributed by atoms with Gasteiger partial charge in [0.1, 0.15) is 11.6 Å². The summed E-state index contributed by atoms with van der Waals surface area (Å²) in [5.74, 6) is -2.71. The molecule has 38 heavy (non-hydrogen) atoms. The van der Waals surface area contributed by atoms with Crippen LogP contribution in [0.15, 0.2) is 54.6 Å². The van der Waals surface area contributed by atoms with Gasteiger partial charge in [0.15, 0.2) is 11.6 Å². The largest absolute Gasteiger partial charge is 0.494 e. The Kier molecular flexibility index (Phi) is 9.48. The number of benzene rings is 3. The molecule has 0 radical (unpaired) electrons. The summed E-state index contributed by atoms with van der Waals surface area (Å²) in [5, 5.41) is 0. The molecule has 0 heterocycles. The molecule has 0 saturated heterocycles. The smallest absolute Gasteiger partial charge is 0.343 e. The van der Waals surface area contributed by atoms with Gasteiger partial charge in [0.25, 0.3) is 0 Å². The first-order valence-electron chi connectivity index (χ1n) is 13.6. The molecule has 3 nitrogen and oxygen atoms in total. The Morgan fingerprint density at radius 2 is 1.61 bits per heavy atom. The Morgan fingerprint density at radius 3 is 2.26 bits per heavy atom. The number of carbonyl (C=O) groups is 1. The molecule has 0 spiro atoms. The Balaban J connectivity index is 1.39. The minimum Gasteiger partial charge on any atom is -0.494 e. The average molecular weight is 525 g/mol. The second-order valence-electron chi connectivity index (χ2n) is 10.0. The van der Waals surface area contributed by atoms with E-state index < -0.39 is 29.2 Å². The van der Waals surface area contributed by atoms with Crippen LogP contribution >= 0.6 is 0 Å². The highest BCUT2D eigenvalue weighted by Gasteiger charge is 2.27. The van der Waals surface area contributed by atoms with Crippen LogP contribution in [-0.2, 0) is 0 Å². The molecule has 0 amide bonds. The molecule has 0 aliphatic heterocycles. The van der Waals surface area contributed by atoms with Crippen LogP contribution in [0.2, 0.25) is 0 Å². The van der Waals surface area contributed by atoms with E-state index in [0.29, 0.717) is 35.0 Å². The van der Waals surface area contributed by atoms with Gasteiger partial charge in [-0.05, 0) is 85.9 Å². The summed E-state index contributed by atoms with van der Waals surface area (Å²) < 4.78 is 54.9. The third kappa shape index (κ3) is 6.58. The number of hydrogen-bond donors (Lipinski definition) is 0. The average Bonchev–Trinajstić information content (AvgIpc) is 2.92. The molecule has 0 atom stereocenters. The minimum absolute atomic E-state index is 0.0211. The van der Waals surface area contributed by atoms with Gasteiger partial charge < -0.3 is 9.47 Å². The molecule has 0 aromatic heterocycles. The van der Waals surface area contributed by atoms with Gasteiger partial charge in [0.05, 0.1) is 12.2 Å². The van der Waals surface area contributed by atoms with E-state index in [1.165, 1.54) is 49.9 Å². The quantitative estimate of drug-likeness (QED) is 0.151. The summed E-state index contributed by atoms with van der Waals surface area (Å²) in [6, 6.07) is 13.5. The monoisotopic (exact) mass is 524 g/mol. The van der Waals surface area contributed by atoms with Gasteiger partial charge in [-0.25, -0.2) is 13.6 Å². The van der Waals surface area contributed by atoms with Crippen LogP contribution in [0, 0.1) is 23.4 Å². The Hall–Kier alpha value is -3.28. The number of unbranched alkanes of at least 4 members (excludes halogenated alkanes) is 2. The third-order valence-electron chi connectivity index (χ3n) is 7.47. The summed E-state index contributed by atoms with van der Waals surface area (Å²) in [6.45, 7) is 4.44. The van der Waals surface area contributed by atoms with E-state index in [0.717, 1.165) is 25.7 Å². The first-order chi connectivity index (χ1) is 18.4. The van der Waals surface area contributed by atoms with Crippen LogP contribution in [0.5, 0.6) is 11.5 Å². The molecule has 1 fully saturated rings. The van der Waals surface area contributed by atoms with Crippen molar-refractivity contribution in [2.75, 3.05) is 6.61 Å². The molecule has 0 bridgehead atoms. The summed E-state index contributed by atoms with van der Waals surface area (Å²) in [7, 11) is 0. The summed E-state index contributed by atoms with van der Waals surface area (Å²) in [5.41, 5.74) is 1.41. The lowest BCUT2D eigenvalue weighted by molar-refractivity contribution is 0.0726. The van der Waals surface area contributed by atoms with E-state index >= 15 is 0 Å². The van der Waals surface area contributed by atoms with Gasteiger partial charge in [-0.15, -0.1) is 0 Å². The van der Waals surface area contributed by atoms with E-state index in [9.17, 15) is 18.0 Å². The van der Waals surface area contributed by atoms with Gasteiger partial charge in [-0.1, -0.05) is 50.8 Å². The SMILES string of the molecule is CCCCCC1CCC(c2ccc(OC(=O)c3ccc(-c4ccc(OCC)cc4F)cc3)c(F)c2F)CC1. The Labute approximate surface area is 223 Å². The molecule has 4 rings (SSSR count). The molecule has 1 aliphatic rings. The van der Waals surface area contributed by atoms with Crippen molar-refractivity contribution in [2.45, 2.75) is 71.1 Å². The lowest BCUT2D eigenvalue weighted by atomic mass is 9.77. The van der Waals surface area contributed by atoms with Gasteiger partial charge in [-0.2, -0.15) is 4.39 Å². The van der Waals surface area contributed by atoms with Crippen LogP contribution in [0.4, 0.5) is 13.2 Å². The maximum atomic E-state index is 15.0. The van der Waals surface area contributed by atoms with Crippen molar-refractivity contribution in [3.05, 3.63) is 83.2 Å². The van der Waals surface area contributed by atoms with E-state index in [1.807, 2.05) is 6.92 Å². The number of ether oxygens (including phenoxy) is 2. The van der Waals surface area contributed by atoms with E-state index in [1.54, 1.807) is 30.3 Å². The highest BCUT2D eigenvalue weighted by molar-refractivity contribution is 5.91. The molecule has 6 heteroatoms. The number of rotatable bonds is 10. The van der Waals surface area contributed by atoms with Gasteiger partial charge in [0.2, 0.25) is 5.82 Å². The lowest BCUT2D eigenvalue weighted by Gasteiger charge is -2.29. The fourth-order valence-corrected chi connectivity index (χ4v) is 5.32. The molecule has 0 N–H and O–H groups in total. The van der Waals surface area contributed by atoms with Crippen molar-refractivity contribution in [3.63, 3.8) is 0 Å². The normalized spacial score (nSPS) is 17.3. The van der Waals surface area contributed by atoms with Crippen molar-refractivity contribution in [2.24, 2.45) is 5.92 Å². The molecule has 3 aromatic rings. The van der Waals surface area contributed by atoms with Crippen LogP contribution in [-0.4, -0.2) is 12.6 Å². The highest BCUT2D eigenvalue weighted by atomic mass is 19.2. The zero-order chi connectivity index (χ0) is 27.1. The predicted octanol–water partition coefficient (Wildman–Crippen LogP) is 9.24. The van der Waals surface area contributed by atoms with Crippen molar-refractivity contribution in [1.29, 1.82) is 0 Å². The zero-order valence-electron chi connectivity index (χ0n) is 22.1. The number of hydrogen-bond acceptors (Lipinski definition) is 3. The standard InChI is InChI=1S/C32H35F3O3/c1-3-5-6-7-21-8-10-23(11-9-21)27-18-19-29(31(35)30(27)34)38-32(36)24-14-12-22(13-15-24)26-17-16-25(37-4-2)20-28(26)33/h12-21,23H,3-11H2,1-2H3. The molecular weight excluding hydrogens is 489 g/mol. The topological polar surface area (TPSA) is 35.5 Å². The van der Waals surface area contributed by atoms with E-state index in [-0.39, 0.29) is 11.5 Å². The van der Waals surface area contributed by atoms with Crippen LogP contribution in [0.25, 0.3) is 11.1 Å². The van der Waals surface area contributed by atoms with Gasteiger partial charge in [0, 0.05) is 11.6 Å². The fourth-order valence-electron chi connectivity index (χ4n) is 5.32. The zero-order valence-corrected chi connectivity index (χ0v) is 22.1. The predicted molar refractivity (Wildman–Crippen MR) is 143 cm³/mol. The summed E-state index contributed by atoms with van der Waals surface area (Å²) in [4.78, 5) is 12.6. The van der Waals surface area contributed by atoms with Crippen LogP contribution in [0.3, 0.4) is 0 Å². The van der Waals surface area contributed by atoms with Gasteiger partial charge in [-0.3, -0.25) is 0 Å². The maximum absolute atomic E-state index is 15.0. The first-order valence-corrected chi connectivity index (χ1v) is 13.6. The first kappa shape index (κ1) is 27.7. The number of halogens is 3. The van der Waals surface area contributed by atoms with Gasteiger partial charge >= 0.3 is 5.97 Å². The number of carbonyl (C=O) groups excluding carboxylic acids is 1. The summed E-state index contributed by atoms with van der Waals surface area (Å²) in [6.07, 6.45) is 8.63. The van der Waals surface area contributed by atoms with Crippen molar-refractivity contribution in [3.8, 4) is 22.6 Å². The number of esters is 1. The second kappa shape index (κ2) is 13.0. The third-order valence-corrected chi connectivity index (χ3v) is 7.47. The minimum atomic E-state index is -1.14. The van der Waals surface area contributed by atoms with Crippen molar-refractivity contribution in [1.82, 2.24) is 0 Å². The molecule has 0 unspecified atom stereocenters. The van der Waals surface area contributed by atoms with E-state index in [2.05, 4.69) is 6.92 Å². The van der Waals surface area contributed by atoms with Crippen molar-refractivity contribution < 1.29 is 27.4 Å². The Bertz CT molecular complexity index is 1230. The molecule has 3 aromatic carbocycles. The second-order valence-corrected chi connectivity index (χ2v) is 10.0. The molecule has 1 aliphatic carbocycles. The van der Waals surface area contributed by atoms with Crippen LogP contribution < -0.4 is 9.47 Å². The maximum Gasteiger partial charge on any atom is 0.343 e. The fraction of sp³-hybridized carbons (Fsp3) is 0.406. The van der Waals surface area contributed by atoms with E-state index in [4.69, 9.17) is 9.47 Å².